The van der Waals surface area contributed by atoms with Crippen molar-refractivity contribution in [2.45, 2.75) is 70.4 Å². The van der Waals surface area contributed by atoms with Crippen molar-refractivity contribution in [1.82, 2.24) is 5.32 Å². The second-order valence-electron chi connectivity index (χ2n) is 6.52. The van der Waals surface area contributed by atoms with Crippen molar-refractivity contribution in [3.63, 3.8) is 0 Å². The fourth-order valence-electron chi connectivity index (χ4n) is 2.60. The summed E-state index contributed by atoms with van der Waals surface area (Å²) in [5.74, 6) is 0. The van der Waals surface area contributed by atoms with Gasteiger partial charge in [0.2, 0.25) is 0 Å². The van der Waals surface area contributed by atoms with Gasteiger partial charge in [-0.05, 0) is 30.4 Å². The molecule has 1 N–H and O–H groups in total. The Balaban J connectivity index is 2.05. The summed E-state index contributed by atoms with van der Waals surface area (Å²) in [6, 6.07) is 7.11. The molecular formula is C16H24N2S. The highest BCUT2D eigenvalue weighted by Crippen LogP contribution is 2.33. The van der Waals surface area contributed by atoms with Crippen LogP contribution in [-0.2, 0) is 5.41 Å². The second kappa shape index (κ2) is 6.07. The Morgan fingerprint density at radius 3 is 2.47 bits per heavy atom. The standard InChI is InChI=1S/C16H24N2S/c1-16(2,3)15-10-9-14(19-15)13(11-17)18-12-7-5-4-6-8-12/h9-10,12-13,18H,4-8H2,1-3H3. The molecule has 0 bridgehead atoms. The van der Waals surface area contributed by atoms with E-state index in [2.05, 4.69) is 44.3 Å². The number of hydrogen-bond donors (Lipinski definition) is 1. The van der Waals surface area contributed by atoms with Crippen LogP contribution in [-0.4, -0.2) is 6.04 Å². The highest BCUT2D eigenvalue weighted by atomic mass is 32.1. The van der Waals surface area contributed by atoms with E-state index in [1.165, 1.54) is 37.0 Å². The third-order valence-electron chi connectivity index (χ3n) is 3.79. The fourth-order valence-corrected chi connectivity index (χ4v) is 3.67. The van der Waals surface area contributed by atoms with Crippen molar-refractivity contribution in [1.29, 1.82) is 5.26 Å². The maximum absolute atomic E-state index is 9.42. The molecule has 0 amide bonds. The average Bonchev–Trinajstić information content (AvgIpc) is 2.86. The van der Waals surface area contributed by atoms with E-state index in [0.717, 1.165) is 4.88 Å². The summed E-state index contributed by atoms with van der Waals surface area (Å²) in [5.41, 5.74) is 0.174. The van der Waals surface area contributed by atoms with E-state index < -0.39 is 0 Å². The Morgan fingerprint density at radius 1 is 1.26 bits per heavy atom. The Labute approximate surface area is 120 Å². The largest absolute Gasteiger partial charge is 0.295 e. The molecule has 1 aromatic heterocycles. The monoisotopic (exact) mass is 276 g/mol. The lowest BCUT2D eigenvalue weighted by Crippen LogP contribution is -2.33. The molecule has 0 aromatic carbocycles. The van der Waals surface area contributed by atoms with Crippen LogP contribution in [0.4, 0.5) is 0 Å². The highest BCUT2D eigenvalue weighted by molar-refractivity contribution is 7.12. The van der Waals surface area contributed by atoms with Crippen LogP contribution in [0.25, 0.3) is 0 Å². The summed E-state index contributed by atoms with van der Waals surface area (Å²) < 4.78 is 0. The van der Waals surface area contributed by atoms with Crippen LogP contribution in [0.1, 0.15) is 68.7 Å². The molecule has 1 aliphatic rings. The predicted octanol–water partition coefficient (Wildman–Crippen LogP) is 4.53. The molecule has 0 saturated heterocycles. The third kappa shape index (κ3) is 3.81. The minimum Gasteiger partial charge on any atom is -0.295 e. The molecule has 1 saturated carbocycles. The van der Waals surface area contributed by atoms with Gasteiger partial charge in [-0.1, -0.05) is 40.0 Å². The normalized spacial score (nSPS) is 19.1. The van der Waals surface area contributed by atoms with Crippen molar-refractivity contribution in [3.05, 3.63) is 21.9 Å². The molecule has 2 rings (SSSR count). The van der Waals surface area contributed by atoms with Gasteiger partial charge in [0.15, 0.2) is 0 Å². The Kier molecular flexibility index (Phi) is 4.65. The van der Waals surface area contributed by atoms with Gasteiger partial charge in [-0.25, -0.2) is 0 Å². The van der Waals surface area contributed by atoms with E-state index in [-0.39, 0.29) is 11.5 Å². The zero-order valence-corrected chi connectivity index (χ0v) is 13.0. The van der Waals surface area contributed by atoms with E-state index >= 15 is 0 Å². The smallest absolute Gasteiger partial charge is 0.130 e. The number of thiophene rings is 1. The van der Waals surface area contributed by atoms with Gasteiger partial charge in [-0.2, -0.15) is 5.26 Å². The average molecular weight is 276 g/mol. The van der Waals surface area contributed by atoms with Crippen LogP contribution >= 0.6 is 11.3 Å². The molecule has 104 valence electrons. The van der Waals surface area contributed by atoms with Gasteiger partial charge in [-0.3, -0.25) is 5.32 Å². The predicted molar refractivity (Wildman–Crippen MR) is 81.4 cm³/mol. The molecule has 1 unspecified atom stereocenters. The van der Waals surface area contributed by atoms with Gasteiger partial charge >= 0.3 is 0 Å². The van der Waals surface area contributed by atoms with Crippen LogP contribution in [0, 0.1) is 11.3 Å². The molecule has 1 aliphatic carbocycles. The van der Waals surface area contributed by atoms with E-state index in [4.69, 9.17) is 0 Å². The van der Waals surface area contributed by atoms with Gasteiger partial charge in [0.1, 0.15) is 6.04 Å². The van der Waals surface area contributed by atoms with Crippen molar-refractivity contribution < 1.29 is 0 Å². The number of nitrogens with zero attached hydrogens (tertiary/aromatic N) is 1. The van der Waals surface area contributed by atoms with E-state index in [0.29, 0.717) is 6.04 Å². The first-order chi connectivity index (χ1) is 9.00. The van der Waals surface area contributed by atoms with E-state index in [1.807, 2.05) is 0 Å². The first-order valence-electron chi connectivity index (χ1n) is 7.26. The zero-order chi connectivity index (χ0) is 13.9. The van der Waals surface area contributed by atoms with Crippen molar-refractivity contribution >= 4 is 11.3 Å². The maximum atomic E-state index is 9.42. The van der Waals surface area contributed by atoms with Crippen LogP contribution in [0.3, 0.4) is 0 Å². The quantitative estimate of drug-likeness (QED) is 0.880. The van der Waals surface area contributed by atoms with Gasteiger partial charge in [0.25, 0.3) is 0 Å². The van der Waals surface area contributed by atoms with Crippen molar-refractivity contribution in [2.24, 2.45) is 0 Å². The molecule has 1 heterocycles. The van der Waals surface area contributed by atoms with Crippen LogP contribution in [0.2, 0.25) is 0 Å². The molecule has 0 spiro atoms. The molecule has 2 nitrogen and oxygen atoms in total. The maximum Gasteiger partial charge on any atom is 0.130 e. The summed E-state index contributed by atoms with van der Waals surface area (Å²) in [4.78, 5) is 2.52. The molecule has 3 heteroatoms. The lowest BCUT2D eigenvalue weighted by Gasteiger charge is -2.25. The fraction of sp³-hybridized carbons (Fsp3) is 0.688. The lowest BCUT2D eigenvalue weighted by molar-refractivity contribution is 0.361. The third-order valence-corrected chi connectivity index (χ3v) is 5.36. The molecule has 19 heavy (non-hydrogen) atoms. The van der Waals surface area contributed by atoms with Gasteiger partial charge in [0.05, 0.1) is 6.07 Å². The number of nitriles is 1. The molecule has 1 fully saturated rings. The van der Waals surface area contributed by atoms with Crippen molar-refractivity contribution in [3.8, 4) is 6.07 Å². The molecule has 0 aliphatic heterocycles. The summed E-state index contributed by atoms with van der Waals surface area (Å²) in [6.07, 6.45) is 6.38. The Bertz CT molecular complexity index is 444. The number of nitrogens with one attached hydrogen (secondary N) is 1. The van der Waals surface area contributed by atoms with E-state index in [9.17, 15) is 5.26 Å². The number of hydrogen-bond acceptors (Lipinski definition) is 3. The van der Waals surface area contributed by atoms with Gasteiger partial charge in [-0.15, -0.1) is 11.3 Å². The zero-order valence-electron chi connectivity index (χ0n) is 12.2. The first-order valence-corrected chi connectivity index (χ1v) is 8.08. The minimum atomic E-state index is -0.135. The molecule has 1 aromatic rings. The topological polar surface area (TPSA) is 35.8 Å². The molecule has 0 radical (unpaired) electrons. The van der Waals surface area contributed by atoms with Gasteiger partial charge < -0.3 is 0 Å². The SMILES string of the molecule is CC(C)(C)c1ccc(C(C#N)NC2CCCCC2)s1. The number of rotatable bonds is 3. The molecular weight excluding hydrogens is 252 g/mol. The highest BCUT2D eigenvalue weighted by Gasteiger charge is 2.22. The van der Waals surface area contributed by atoms with E-state index in [1.54, 1.807) is 11.3 Å². The Hall–Kier alpha value is -0.850. The lowest BCUT2D eigenvalue weighted by atomic mass is 9.94. The summed E-state index contributed by atoms with van der Waals surface area (Å²) in [5, 5.41) is 13.0. The van der Waals surface area contributed by atoms with Crippen LogP contribution in [0.15, 0.2) is 12.1 Å². The summed E-state index contributed by atoms with van der Waals surface area (Å²) in [6.45, 7) is 6.66. The minimum absolute atomic E-state index is 0.135. The molecule has 1 atom stereocenters. The first kappa shape index (κ1) is 14.6. The second-order valence-corrected chi connectivity index (χ2v) is 7.63. The Morgan fingerprint density at radius 2 is 1.95 bits per heavy atom. The summed E-state index contributed by atoms with van der Waals surface area (Å²) in [7, 11) is 0. The van der Waals surface area contributed by atoms with Gasteiger partial charge in [0, 0.05) is 15.8 Å². The summed E-state index contributed by atoms with van der Waals surface area (Å²) >= 11 is 1.78. The van der Waals surface area contributed by atoms with Crippen LogP contribution < -0.4 is 5.32 Å². The van der Waals surface area contributed by atoms with Crippen molar-refractivity contribution in [2.75, 3.05) is 0 Å². The van der Waals surface area contributed by atoms with Crippen LogP contribution in [0.5, 0.6) is 0 Å².